The number of carboxylic acids is 1. The van der Waals surface area contributed by atoms with Gasteiger partial charge >= 0.3 is 18.1 Å². The van der Waals surface area contributed by atoms with Gasteiger partial charge in [0.15, 0.2) is 17.7 Å². The number of aromatic carboxylic acids is 1. The number of hydrogen-bond donors (Lipinski definition) is 1. The first-order valence-corrected chi connectivity index (χ1v) is 16.3. The number of esters is 1. The van der Waals surface area contributed by atoms with Gasteiger partial charge in [0.05, 0.1) is 30.1 Å². The largest absolute Gasteiger partial charge is 0.490 e. The SMILES string of the molecule is CCCCCCCCCCOc1cnc(-c2ccc(C(=O)O)c(-c3ccc(C(=O)O[C@@H](CCCCCC)C(F)(F)F)cc3)c2)nc1. The molecule has 0 spiro atoms. The van der Waals surface area contributed by atoms with Crippen molar-refractivity contribution in [1.82, 2.24) is 9.97 Å². The fraction of sp³-hybridized carbons (Fsp3) is 0.500. The van der Waals surface area contributed by atoms with Crippen molar-refractivity contribution in [3.05, 3.63) is 66.0 Å². The number of unbranched alkanes of at least 4 members (excludes halogenated alkanes) is 10. The number of rotatable bonds is 20. The molecule has 2 aromatic carbocycles. The molecule has 3 rings (SSSR count). The summed E-state index contributed by atoms with van der Waals surface area (Å²) in [4.78, 5) is 33.4. The molecule has 0 saturated heterocycles. The van der Waals surface area contributed by atoms with E-state index in [9.17, 15) is 27.9 Å². The molecule has 7 nitrogen and oxygen atoms in total. The van der Waals surface area contributed by atoms with Gasteiger partial charge in [-0.2, -0.15) is 13.2 Å². The minimum atomic E-state index is -4.67. The summed E-state index contributed by atoms with van der Waals surface area (Å²) in [5, 5.41) is 9.80. The van der Waals surface area contributed by atoms with Crippen LogP contribution in [-0.2, 0) is 4.74 Å². The summed E-state index contributed by atoms with van der Waals surface area (Å²) in [6.07, 6.45) is 8.26. The molecule has 0 radical (unpaired) electrons. The van der Waals surface area contributed by atoms with E-state index in [4.69, 9.17) is 9.47 Å². The van der Waals surface area contributed by atoms with Crippen LogP contribution >= 0.6 is 0 Å². The van der Waals surface area contributed by atoms with Crippen LogP contribution in [0, 0.1) is 0 Å². The zero-order chi connectivity index (χ0) is 33.4. The number of carboxylic acid groups (broad SMARTS) is 1. The van der Waals surface area contributed by atoms with Crippen molar-refractivity contribution in [2.45, 2.75) is 110 Å². The maximum absolute atomic E-state index is 13.5. The number of alkyl halides is 3. The second-order valence-electron chi connectivity index (χ2n) is 11.5. The molecule has 1 heterocycles. The highest BCUT2D eigenvalue weighted by atomic mass is 19.4. The zero-order valence-electron chi connectivity index (χ0n) is 26.8. The van der Waals surface area contributed by atoms with Crippen LogP contribution in [0.2, 0.25) is 0 Å². The number of benzene rings is 2. The second-order valence-corrected chi connectivity index (χ2v) is 11.5. The van der Waals surface area contributed by atoms with Crippen molar-refractivity contribution in [1.29, 1.82) is 0 Å². The van der Waals surface area contributed by atoms with Crippen LogP contribution in [0.4, 0.5) is 13.2 Å². The average molecular weight is 643 g/mol. The molecule has 0 aliphatic carbocycles. The number of carbonyl (C=O) groups is 2. The van der Waals surface area contributed by atoms with Crippen LogP contribution in [0.1, 0.15) is 118 Å². The first-order chi connectivity index (χ1) is 22.1. The zero-order valence-corrected chi connectivity index (χ0v) is 26.8. The highest BCUT2D eigenvalue weighted by Crippen LogP contribution is 2.31. The third-order valence-corrected chi connectivity index (χ3v) is 7.77. The minimum Gasteiger partial charge on any atom is -0.490 e. The molecule has 0 saturated carbocycles. The Hall–Kier alpha value is -3.95. The maximum Gasteiger partial charge on any atom is 0.425 e. The smallest absolute Gasteiger partial charge is 0.425 e. The molecule has 0 unspecified atom stereocenters. The molecule has 10 heteroatoms. The van der Waals surface area contributed by atoms with Crippen molar-refractivity contribution in [2.24, 2.45) is 0 Å². The Morgan fingerprint density at radius 2 is 1.35 bits per heavy atom. The molecular weight excluding hydrogens is 597 g/mol. The number of nitrogens with zero attached hydrogens (tertiary/aromatic N) is 2. The number of halogens is 3. The van der Waals surface area contributed by atoms with Gasteiger partial charge in [-0.15, -0.1) is 0 Å². The van der Waals surface area contributed by atoms with Gasteiger partial charge in [0.2, 0.25) is 0 Å². The van der Waals surface area contributed by atoms with Crippen molar-refractivity contribution in [3.8, 4) is 28.3 Å². The lowest BCUT2D eigenvalue weighted by molar-refractivity contribution is -0.206. The fourth-order valence-electron chi connectivity index (χ4n) is 5.10. The molecule has 1 aromatic heterocycles. The molecule has 1 N–H and O–H groups in total. The maximum atomic E-state index is 13.5. The molecule has 0 aliphatic rings. The van der Waals surface area contributed by atoms with Gasteiger partial charge in [-0.1, -0.05) is 96.3 Å². The van der Waals surface area contributed by atoms with E-state index in [-0.39, 0.29) is 17.5 Å². The summed E-state index contributed by atoms with van der Waals surface area (Å²) in [7, 11) is 0. The Labute approximate surface area is 269 Å². The number of carbonyl (C=O) groups excluding carboxylic acids is 1. The summed E-state index contributed by atoms with van der Waals surface area (Å²) >= 11 is 0. The topological polar surface area (TPSA) is 98.6 Å². The third kappa shape index (κ3) is 11.8. The Balaban J connectivity index is 1.65. The van der Waals surface area contributed by atoms with Crippen molar-refractivity contribution in [2.75, 3.05) is 6.61 Å². The second kappa shape index (κ2) is 18.9. The molecule has 0 bridgehead atoms. The van der Waals surface area contributed by atoms with E-state index in [0.29, 0.717) is 47.7 Å². The Kier molecular flexibility index (Phi) is 15.0. The van der Waals surface area contributed by atoms with E-state index in [1.54, 1.807) is 24.5 Å². The predicted octanol–water partition coefficient (Wildman–Crippen LogP) is 10.1. The Morgan fingerprint density at radius 1 is 0.783 bits per heavy atom. The first-order valence-electron chi connectivity index (χ1n) is 16.3. The van der Waals surface area contributed by atoms with E-state index in [1.165, 1.54) is 68.9 Å². The number of aromatic nitrogens is 2. The normalized spacial score (nSPS) is 12.1. The highest BCUT2D eigenvalue weighted by Gasteiger charge is 2.42. The molecule has 0 amide bonds. The lowest BCUT2D eigenvalue weighted by atomic mass is 9.96. The van der Waals surface area contributed by atoms with Crippen LogP contribution in [0.15, 0.2) is 54.9 Å². The van der Waals surface area contributed by atoms with Crippen LogP contribution in [0.25, 0.3) is 22.5 Å². The summed E-state index contributed by atoms with van der Waals surface area (Å²) in [6, 6.07) is 10.3. The van der Waals surface area contributed by atoms with Crippen molar-refractivity contribution in [3.63, 3.8) is 0 Å². The average Bonchev–Trinajstić information content (AvgIpc) is 3.05. The fourth-order valence-corrected chi connectivity index (χ4v) is 5.10. The van der Waals surface area contributed by atoms with E-state index in [0.717, 1.165) is 25.7 Å². The monoisotopic (exact) mass is 642 g/mol. The first kappa shape index (κ1) is 36.5. The lowest BCUT2D eigenvalue weighted by Gasteiger charge is -2.20. The number of hydrogen-bond acceptors (Lipinski definition) is 6. The molecule has 3 aromatic rings. The van der Waals surface area contributed by atoms with E-state index in [2.05, 4.69) is 16.9 Å². The van der Waals surface area contributed by atoms with Crippen LogP contribution in [-0.4, -0.2) is 45.9 Å². The summed E-state index contributed by atoms with van der Waals surface area (Å²) < 4.78 is 51.1. The lowest BCUT2D eigenvalue weighted by Crippen LogP contribution is -2.33. The molecule has 1 atom stereocenters. The summed E-state index contributed by atoms with van der Waals surface area (Å²) in [6.45, 7) is 4.75. The van der Waals surface area contributed by atoms with Gasteiger partial charge in [0.1, 0.15) is 0 Å². The summed E-state index contributed by atoms with van der Waals surface area (Å²) in [5.41, 5.74) is 1.30. The van der Waals surface area contributed by atoms with E-state index >= 15 is 0 Å². The van der Waals surface area contributed by atoms with E-state index in [1.807, 2.05) is 6.92 Å². The molecule has 250 valence electrons. The molecule has 0 fully saturated rings. The minimum absolute atomic E-state index is 0.00797. The van der Waals surface area contributed by atoms with E-state index < -0.39 is 24.2 Å². The number of ether oxygens (including phenoxy) is 2. The van der Waals surface area contributed by atoms with Gasteiger partial charge in [-0.3, -0.25) is 0 Å². The van der Waals surface area contributed by atoms with Gasteiger partial charge in [-0.25, -0.2) is 19.6 Å². The highest BCUT2D eigenvalue weighted by molar-refractivity contribution is 5.97. The Morgan fingerprint density at radius 3 is 1.93 bits per heavy atom. The van der Waals surface area contributed by atoms with Gasteiger partial charge in [0, 0.05) is 5.56 Å². The van der Waals surface area contributed by atoms with Crippen LogP contribution < -0.4 is 4.74 Å². The standard InChI is InChI=1S/C36H45F3N2O5/c1-3-5-7-9-10-11-12-14-22-45-29-24-40-33(41-25-29)28-20-21-30(34(42)43)31(23-28)26-16-18-27(19-17-26)35(44)46-32(36(37,38)39)15-13-8-6-4-2/h16-21,23-25,32H,3-15,22H2,1-2H3,(H,42,43)/t32-/m0/s1. The van der Waals surface area contributed by atoms with Crippen LogP contribution in [0.3, 0.4) is 0 Å². The van der Waals surface area contributed by atoms with Gasteiger partial charge in [-0.05, 0) is 54.7 Å². The molecule has 0 aliphatic heterocycles. The third-order valence-electron chi connectivity index (χ3n) is 7.77. The van der Waals surface area contributed by atoms with Gasteiger partial charge in [0.25, 0.3) is 0 Å². The van der Waals surface area contributed by atoms with Gasteiger partial charge < -0.3 is 14.6 Å². The van der Waals surface area contributed by atoms with Crippen molar-refractivity contribution < 1.29 is 37.3 Å². The quantitative estimate of drug-likeness (QED) is 0.0967. The predicted molar refractivity (Wildman–Crippen MR) is 172 cm³/mol. The van der Waals surface area contributed by atoms with Crippen LogP contribution in [0.5, 0.6) is 5.75 Å². The molecule has 46 heavy (non-hydrogen) atoms. The Bertz CT molecular complexity index is 1360. The van der Waals surface area contributed by atoms with Crippen molar-refractivity contribution >= 4 is 11.9 Å². The molecular formula is C36H45F3N2O5. The summed E-state index contributed by atoms with van der Waals surface area (Å²) in [5.74, 6) is -1.33.